The summed E-state index contributed by atoms with van der Waals surface area (Å²) in [4.78, 5) is 35.2. The number of benzene rings is 2. The maximum absolute atomic E-state index is 12.1. The molecule has 0 aromatic heterocycles. The molecule has 0 radical (unpaired) electrons. The lowest BCUT2D eigenvalue weighted by molar-refractivity contribution is -0.139. The van der Waals surface area contributed by atoms with Crippen LogP contribution in [0.4, 0.5) is 5.69 Å². The number of hydrazone groups is 1. The van der Waals surface area contributed by atoms with Crippen molar-refractivity contribution < 1.29 is 23.9 Å². The van der Waals surface area contributed by atoms with Crippen molar-refractivity contribution in [3.63, 3.8) is 0 Å². The van der Waals surface area contributed by atoms with Crippen molar-refractivity contribution >= 4 is 45.6 Å². The second kappa shape index (κ2) is 12.5. The number of halogens is 1. The summed E-state index contributed by atoms with van der Waals surface area (Å²) in [5, 5.41) is 8.89. The van der Waals surface area contributed by atoms with Crippen molar-refractivity contribution in [2.45, 2.75) is 6.92 Å². The van der Waals surface area contributed by atoms with Gasteiger partial charge in [0, 0.05) is 23.8 Å². The summed E-state index contributed by atoms with van der Waals surface area (Å²) < 4.78 is 11.3. The van der Waals surface area contributed by atoms with E-state index in [0.717, 1.165) is 10.0 Å². The second-order valence-corrected chi connectivity index (χ2v) is 7.18. The van der Waals surface area contributed by atoms with Crippen molar-refractivity contribution in [2.75, 3.05) is 32.2 Å². The van der Waals surface area contributed by atoms with Crippen molar-refractivity contribution in [3.05, 3.63) is 58.1 Å². The highest BCUT2D eigenvalue weighted by Crippen LogP contribution is 2.20. The Balaban J connectivity index is 1.82. The SMILES string of the molecule is COCCNC(=O)C(=O)N/N=C\c1cccc(OCC(=O)Nc2ccc(Br)c(C)c2)c1. The van der Waals surface area contributed by atoms with Crippen LogP contribution >= 0.6 is 15.9 Å². The number of amides is 3. The van der Waals surface area contributed by atoms with E-state index in [4.69, 9.17) is 9.47 Å². The molecule has 0 heterocycles. The molecule has 0 saturated heterocycles. The highest BCUT2D eigenvalue weighted by Gasteiger charge is 2.11. The van der Waals surface area contributed by atoms with Gasteiger partial charge >= 0.3 is 11.8 Å². The molecule has 31 heavy (non-hydrogen) atoms. The summed E-state index contributed by atoms with van der Waals surface area (Å²) in [6, 6.07) is 12.3. The summed E-state index contributed by atoms with van der Waals surface area (Å²) in [5.41, 5.74) is 4.43. The van der Waals surface area contributed by atoms with Crippen LogP contribution in [0.1, 0.15) is 11.1 Å². The molecule has 164 valence electrons. The Kier molecular flexibility index (Phi) is 9.66. The van der Waals surface area contributed by atoms with Crippen LogP contribution in [0.2, 0.25) is 0 Å². The third-order valence-corrected chi connectivity index (χ3v) is 4.74. The number of hydrogen-bond acceptors (Lipinski definition) is 6. The molecule has 0 unspecified atom stereocenters. The molecule has 0 fully saturated rings. The number of hydrogen-bond donors (Lipinski definition) is 3. The van der Waals surface area contributed by atoms with Gasteiger partial charge < -0.3 is 20.1 Å². The minimum absolute atomic E-state index is 0.173. The average Bonchev–Trinajstić information content (AvgIpc) is 2.75. The molecule has 0 saturated carbocycles. The Morgan fingerprint density at radius 3 is 2.68 bits per heavy atom. The number of carbonyl (C=O) groups excluding carboxylic acids is 3. The molecule has 2 aromatic rings. The molecule has 0 bridgehead atoms. The number of nitrogens with one attached hydrogen (secondary N) is 3. The van der Waals surface area contributed by atoms with Gasteiger partial charge in [-0.1, -0.05) is 28.1 Å². The van der Waals surface area contributed by atoms with Gasteiger partial charge in [-0.2, -0.15) is 5.10 Å². The molecule has 2 rings (SSSR count). The molecule has 0 aliphatic heterocycles. The van der Waals surface area contributed by atoms with Gasteiger partial charge in [0.2, 0.25) is 0 Å². The molecule has 0 aliphatic carbocycles. The fraction of sp³-hybridized carbons (Fsp3) is 0.238. The number of methoxy groups -OCH3 is 1. The minimum atomic E-state index is -0.889. The summed E-state index contributed by atoms with van der Waals surface area (Å²) in [6.07, 6.45) is 1.36. The summed E-state index contributed by atoms with van der Waals surface area (Å²) >= 11 is 3.41. The lowest BCUT2D eigenvalue weighted by Gasteiger charge is -2.09. The molecule has 9 nitrogen and oxygen atoms in total. The van der Waals surface area contributed by atoms with E-state index in [1.54, 1.807) is 30.3 Å². The molecule has 0 atom stereocenters. The fourth-order valence-corrected chi connectivity index (χ4v) is 2.56. The Labute approximate surface area is 188 Å². The van der Waals surface area contributed by atoms with E-state index in [0.29, 0.717) is 23.6 Å². The third-order valence-electron chi connectivity index (χ3n) is 3.85. The van der Waals surface area contributed by atoms with Crippen LogP contribution < -0.4 is 20.8 Å². The van der Waals surface area contributed by atoms with E-state index in [1.807, 2.05) is 19.1 Å². The first-order chi connectivity index (χ1) is 14.9. The van der Waals surface area contributed by atoms with Gasteiger partial charge in [0.15, 0.2) is 6.61 Å². The zero-order valence-corrected chi connectivity index (χ0v) is 18.7. The maximum Gasteiger partial charge on any atom is 0.329 e. The summed E-state index contributed by atoms with van der Waals surface area (Å²) in [5.74, 6) is -1.54. The molecular formula is C21H23BrN4O5. The van der Waals surface area contributed by atoms with Gasteiger partial charge in [0.1, 0.15) is 5.75 Å². The molecule has 2 aromatic carbocycles. The van der Waals surface area contributed by atoms with Crippen LogP contribution in [0.3, 0.4) is 0 Å². The van der Waals surface area contributed by atoms with E-state index >= 15 is 0 Å². The third kappa shape index (κ3) is 8.57. The monoisotopic (exact) mass is 490 g/mol. The van der Waals surface area contributed by atoms with E-state index < -0.39 is 11.8 Å². The highest BCUT2D eigenvalue weighted by molar-refractivity contribution is 9.10. The normalized spacial score (nSPS) is 10.5. The molecule has 10 heteroatoms. The van der Waals surface area contributed by atoms with Crippen molar-refractivity contribution in [3.8, 4) is 5.75 Å². The first-order valence-corrected chi connectivity index (χ1v) is 10.1. The fourth-order valence-electron chi connectivity index (χ4n) is 2.32. The highest BCUT2D eigenvalue weighted by atomic mass is 79.9. The van der Waals surface area contributed by atoms with E-state index in [1.165, 1.54) is 13.3 Å². The molecule has 3 amide bonds. The molecule has 0 spiro atoms. The van der Waals surface area contributed by atoms with Gasteiger partial charge in [-0.05, 0) is 48.4 Å². The molecule has 0 aliphatic rings. The summed E-state index contributed by atoms with van der Waals surface area (Å²) in [7, 11) is 1.49. The molecular weight excluding hydrogens is 468 g/mol. The number of nitrogens with zero attached hydrogens (tertiary/aromatic N) is 1. The number of aryl methyl sites for hydroxylation is 1. The minimum Gasteiger partial charge on any atom is -0.484 e. The summed E-state index contributed by atoms with van der Waals surface area (Å²) in [6.45, 7) is 2.28. The van der Waals surface area contributed by atoms with E-state index in [-0.39, 0.29) is 19.1 Å². The van der Waals surface area contributed by atoms with E-state index in [2.05, 4.69) is 37.1 Å². The predicted molar refractivity (Wildman–Crippen MR) is 120 cm³/mol. The van der Waals surface area contributed by atoms with Crippen molar-refractivity contribution in [1.82, 2.24) is 10.7 Å². The van der Waals surface area contributed by atoms with Gasteiger partial charge in [0.25, 0.3) is 5.91 Å². The Morgan fingerprint density at radius 2 is 1.94 bits per heavy atom. The van der Waals surface area contributed by atoms with Crippen LogP contribution in [0.25, 0.3) is 0 Å². The number of carbonyl (C=O) groups is 3. The first kappa shape index (κ1) is 24.0. The number of anilines is 1. The lowest BCUT2D eigenvalue weighted by Crippen LogP contribution is -2.39. The zero-order valence-electron chi connectivity index (χ0n) is 17.1. The Bertz CT molecular complexity index is 965. The zero-order chi connectivity index (χ0) is 22.6. The Hall–Kier alpha value is -3.24. The number of rotatable bonds is 9. The lowest BCUT2D eigenvalue weighted by atomic mass is 10.2. The van der Waals surface area contributed by atoms with Crippen LogP contribution in [-0.2, 0) is 19.1 Å². The standard InChI is InChI=1S/C21H23BrN4O5/c1-14-10-16(6-7-18(14)22)25-19(27)13-31-17-5-3-4-15(11-17)12-24-26-21(29)20(28)23-8-9-30-2/h3-7,10-12H,8-9,13H2,1-2H3,(H,23,28)(H,25,27)(H,26,29)/b24-12-. The predicted octanol–water partition coefficient (Wildman–Crippen LogP) is 1.99. The van der Waals surface area contributed by atoms with Gasteiger partial charge in [-0.25, -0.2) is 5.43 Å². The van der Waals surface area contributed by atoms with Crippen LogP contribution in [0.15, 0.2) is 52.0 Å². The average molecular weight is 491 g/mol. The van der Waals surface area contributed by atoms with Crippen LogP contribution in [0, 0.1) is 6.92 Å². The van der Waals surface area contributed by atoms with Gasteiger partial charge in [0.05, 0.1) is 12.8 Å². The molecule has 3 N–H and O–H groups in total. The van der Waals surface area contributed by atoms with Gasteiger partial charge in [-0.15, -0.1) is 0 Å². The van der Waals surface area contributed by atoms with Crippen LogP contribution in [0.5, 0.6) is 5.75 Å². The quantitative estimate of drug-likeness (QED) is 0.215. The van der Waals surface area contributed by atoms with Crippen molar-refractivity contribution in [2.24, 2.45) is 5.10 Å². The van der Waals surface area contributed by atoms with Crippen LogP contribution in [-0.4, -0.2) is 50.8 Å². The second-order valence-electron chi connectivity index (χ2n) is 6.32. The topological polar surface area (TPSA) is 118 Å². The maximum atomic E-state index is 12.1. The smallest absolute Gasteiger partial charge is 0.329 e. The Morgan fingerprint density at radius 1 is 1.13 bits per heavy atom. The van der Waals surface area contributed by atoms with Crippen molar-refractivity contribution in [1.29, 1.82) is 0 Å². The largest absolute Gasteiger partial charge is 0.484 e. The first-order valence-electron chi connectivity index (χ1n) is 9.28. The van der Waals surface area contributed by atoms with E-state index in [9.17, 15) is 14.4 Å². The number of ether oxygens (including phenoxy) is 2. The van der Waals surface area contributed by atoms with Gasteiger partial charge in [-0.3, -0.25) is 14.4 Å².